The number of anilines is 2. The molecular formula is C20H18F6N4OS. The highest BCUT2D eigenvalue weighted by Crippen LogP contribution is 2.41. The van der Waals surface area contributed by atoms with E-state index in [0.29, 0.717) is 0 Å². The Hall–Kier alpha value is -2.89. The molecule has 5 nitrogen and oxygen atoms in total. The van der Waals surface area contributed by atoms with Crippen LogP contribution in [0, 0.1) is 5.92 Å². The number of nitrogens with zero attached hydrogens (tertiary/aromatic N) is 2. The number of aromatic nitrogens is 1. The van der Waals surface area contributed by atoms with Crippen LogP contribution in [0.3, 0.4) is 0 Å². The zero-order chi connectivity index (χ0) is 23.5. The summed E-state index contributed by atoms with van der Waals surface area (Å²) in [4.78, 5) is 17.2. The third-order valence-corrected chi connectivity index (χ3v) is 5.21. The normalized spacial score (nSPS) is 15.4. The number of pyridine rings is 1. The van der Waals surface area contributed by atoms with Crippen molar-refractivity contribution in [2.75, 3.05) is 23.3 Å². The molecule has 1 fully saturated rings. The molecule has 2 aromatic rings. The summed E-state index contributed by atoms with van der Waals surface area (Å²) in [5.41, 5.74) is -1.02. The molecule has 0 saturated carbocycles. The summed E-state index contributed by atoms with van der Waals surface area (Å²) in [6.07, 6.45) is -6.87. The molecule has 0 atom stereocenters. The number of halogens is 6. The number of amides is 1. The van der Waals surface area contributed by atoms with Crippen LogP contribution in [0.15, 0.2) is 42.7 Å². The molecule has 2 heterocycles. The van der Waals surface area contributed by atoms with Gasteiger partial charge in [0, 0.05) is 36.9 Å². The van der Waals surface area contributed by atoms with Crippen molar-refractivity contribution < 1.29 is 31.1 Å². The SMILES string of the molecule is O=C(NC(=S)Nc1ccc(N2CCC(C(F)(F)F)CC2)c(C(F)(F)F)c1)c1cccnc1. The monoisotopic (exact) mass is 476 g/mol. The molecule has 1 saturated heterocycles. The van der Waals surface area contributed by atoms with Gasteiger partial charge in [0.1, 0.15) is 0 Å². The Balaban J connectivity index is 1.73. The highest BCUT2D eigenvalue weighted by atomic mass is 32.1. The van der Waals surface area contributed by atoms with Gasteiger partial charge in [0.05, 0.1) is 17.0 Å². The largest absolute Gasteiger partial charge is 0.418 e. The molecule has 32 heavy (non-hydrogen) atoms. The maximum absolute atomic E-state index is 13.7. The predicted octanol–water partition coefficient (Wildman–Crippen LogP) is 5.01. The van der Waals surface area contributed by atoms with Gasteiger partial charge in [-0.25, -0.2) is 0 Å². The smallest absolute Gasteiger partial charge is 0.371 e. The average Bonchev–Trinajstić information content (AvgIpc) is 2.73. The van der Waals surface area contributed by atoms with E-state index in [4.69, 9.17) is 12.2 Å². The van der Waals surface area contributed by atoms with Gasteiger partial charge in [-0.1, -0.05) is 0 Å². The fourth-order valence-corrected chi connectivity index (χ4v) is 3.61. The molecule has 0 spiro atoms. The van der Waals surface area contributed by atoms with Crippen LogP contribution >= 0.6 is 12.2 Å². The minimum absolute atomic E-state index is 0.0252. The van der Waals surface area contributed by atoms with E-state index < -0.39 is 29.7 Å². The number of nitrogens with one attached hydrogen (secondary N) is 2. The molecule has 3 rings (SSSR count). The molecule has 172 valence electrons. The van der Waals surface area contributed by atoms with Crippen LogP contribution in [0.2, 0.25) is 0 Å². The Morgan fingerprint density at radius 3 is 2.34 bits per heavy atom. The Labute approximate surface area is 184 Å². The van der Waals surface area contributed by atoms with Crippen molar-refractivity contribution in [3.63, 3.8) is 0 Å². The highest BCUT2D eigenvalue weighted by Gasteiger charge is 2.42. The van der Waals surface area contributed by atoms with E-state index in [1.807, 2.05) is 0 Å². The summed E-state index contributed by atoms with van der Waals surface area (Å²) in [7, 11) is 0. The first kappa shape index (κ1) is 23.8. The van der Waals surface area contributed by atoms with Crippen molar-refractivity contribution >= 4 is 34.6 Å². The number of hydrogen-bond acceptors (Lipinski definition) is 4. The summed E-state index contributed by atoms with van der Waals surface area (Å²) in [6, 6.07) is 6.35. The van der Waals surface area contributed by atoms with Gasteiger partial charge in [0.25, 0.3) is 5.91 Å². The Bertz CT molecular complexity index is 972. The van der Waals surface area contributed by atoms with Crippen molar-refractivity contribution in [1.82, 2.24) is 10.3 Å². The first-order valence-corrected chi connectivity index (χ1v) is 9.91. The van der Waals surface area contributed by atoms with Crippen molar-refractivity contribution in [3.8, 4) is 0 Å². The van der Waals surface area contributed by atoms with Crippen molar-refractivity contribution in [1.29, 1.82) is 0 Å². The molecule has 0 aliphatic carbocycles. The van der Waals surface area contributed by atoms with Gasteiger partial charge in [-0.15, -0.1) is 0 Å². The maximum atomic E-state index is 13.7. The summed E-state index contributed by atoms with van der Waals surface area (Å²) < 4.78 is 79.6. The lowest BCUT2D eigenvalue weighted by Crippen LogP contribution is -2.39. The first-order valence-electron chi connectivity index (χ1n) is 9.50. The molecule has 1 amide bonds. The van der Waals surface area contributed by atoms with Gasteiger partial charge in [-0.3, -0.25) is 15.1 Å². The van der Waals surface area contributed by atoms with Gasteiger partial charge in [0.15, 0.2) is 5.11 Å². The first-order chi connectivity index (χ1) is 14.9. The zero-order valence-electron chi connectivity index (χ0n) is 16.4. The quantitative estimate of drug-likeness (QED) is 0.482. The van der Waals surface area contributed by atoms with Crippen molar-refractivity contribution in [2.45, 2.75) is 25.2 Å². The predicted molar refractivity (Wildman–Crippen MR) is 110 cm³/mol. The third kappa shape index (κ3) is 5.87. The van der Waals surface area contributed by atoms with Gasteiger partial charge in [-0.2, -0.15) is 26.3 Å². The topological polar surface area (TPSA) is 57.3 Å². The Morgan fingerprint density at radius 2 is 1.78 bits per heavy atom. The Morgan fingerprint density at radius 1 is 1.09 bits per heavy atom. The van der Waals surface area contributed by atoms with Gasteiger partial charge >= 0.3 is 12.4 Å². The van der Waals surface area contributed by atoms with E-state index in [2.05, 4.69) is 15.6 Å². The second kappa shape index (κ2) is 9.31. The number of rotatable bonds is 3. The number of piperidine rings is 1. The molecule has 0 bridgehead atoms. The van der Waals surface area contributed by atoms with Gasteiger partial charge in [0.2, 0.25) is 0 Å². The second-order valence-corrected chi connectivity index (χ2v) is 7.59. The molecular weight excluding hydrogens is 458 g/mol. The van der Waals surface area contributed by atoms with E-state index in [-0.39, 0.29) is 48.0 Å². The molecule has 1 aromatic carbocycles. The zero-order valence-corrected chi connectivity index (χ0v) is 17.2. The summed E-state index contributed by atoms with van der Waals surface area (Å²) >= 11 is 4.99. The molecule has 1 aliphatic heterocycles. The van der Waals surface area contributed by atoms with Crippen LogP contribution in [-0.2, 0) is 6.18 Å². The molecule has 1 aliphatic rings. The van der Waals surface area contributed by atoms with E-state index in [1.165, 1.54) is 41.6 Å². The summed E-state index contributed by atoms with van der Waals surface area (Å²) in [5, 5.41) is 4.65. The highest BCUT2D eigenvalue weighted by molar-refractivity contribution is 7.80. The lowest BCUT2D eigenvalue weighted by atomic mass is 9.95. The number of thiocarbonyl (C=S) groups is 1. The standard InChI is InChI=1S/C20H18F6N4OS/c21-19(22,23)13-5-8-30(9-6-13)16-4-3-14(10-15(16)20(24,25)26)28-18(32)29-17(31)12-2-1-7-27-11-12/h1-4,7,10-11,13H,5-6,8-9H2,(H2,28,29,31,32). The lowest BCUT2D eigenvalue weighted by Gasteiger charge is -2.35. The fourth-order valence-electron chi connectivity index (χ4n) is 3.40. The van der Waals surface area contributed by atoms with Crippen LogP contribution in [0.1, 0.15) is 28.8 Å². The average molecular weight is 476 g/mol. The van der Waals surface area contributed by atoms with Crippen LogP contribution in [-0.4, -0.2) is 35.3 Å². The van der Waals surface area contributed by atoms with E-state index in [1.54, 1.807) is 0 Å². The van der Waals surface area contributed by atoms with Crippen LogP contribution in [0.25, 0.3) is 0 Å². The van der Waals surface area contributed by atoms with Crippen molar-refractivity contribution in [3.05, 3.63) is 53.9 Å². The lowest BCUT2D eigenvalue weighted by molar-refractivity contribution is -0.179. The third-order valence-electron chi connectivity index (χ3n) is 5.01. The molecule has 2 N–H and O–H groups in total. The number of hydrogen-bond donors (Lipinski definition) is 2. The van der Waals surface area contributed by atoms with E-state index >= 15 is 0 Å². The summed E-state index contributed by atoms with van der Waals surface area (Å²) in [5.74, 6) is -2.11. The molecule has 1 aromatic heterocycles. The number of carbonyl (C=O) groups is 1. The van der Waals surface area contributed by atoms with E-state index in [9.17, 15) is 31.1 Å². The molecule has 0 unspecified atom stereocenters. The van der Waals surface area contributed by atoms with Crippen LogP contribution in [0.4, 0.5) is 37.7 Å². The number of carbonyl (C=O) groups excluding carboxylic acids is 1. The van der Waals surface area contributed by atoms with Crippen LogP contribution < -0.4 is 15.5 Å². The van der Waals surface area contributed by atoms with Gasteiger partial charge in [-0.05, 0) is 55.4 Å². The fraction of sp³-hybridized carbons (Fsp3) is 0.350. The Kier molecular flexibility index (Phi) is 6.91. The van der Waals surface area contributed by atoms with Gasteiger partial charge < -0.3 is 10.2 Å². The van der Waals surface area contributed by atoms with Crippen molar-refractivity contribution in [2.24, 2.45) is 5.92 Å². The minimum atomic E-state index is -4.74. The molecule has 0 radical (unpaired) electrons. The number of alkyl halides is 6. The van der Waals surface area contributed by atoms with Crippen LogP contribution in [0.5, 0.6) is 0 Å². The summed E-state index contributed by atoms with van der Waals surface area (Å²) in [6.45, 7) is -0.279. The minimum Gasteiger partial charge on any atom is -0.371 e. The van der Waals surface area contributed by atoms with E-state index in [0.717, 1.165) is 6.07 Å². The maximum Gasteiger partial charge on any atom is 0.418 e. The number of benzene rings is 1. The molecule has 12 heteroatoms. The second-order valence-electron chi connectivity index (χ2n) is 7.18.